The van der Waals surface area contributed by atoms with E-state index in [9.17, 15) is 4.79 Å². The maximum Gasteiger partial charge on any atom is 0.227 e. The predicted molar refractivity (Wildman–Crippen MR) is 59.1 cm³/mol. The number of rotatable bonds is 6. The number of nitrogens with one attached hydrogen (secondary N) is 1. The van der Waals surface area contributed by atoms with Gasteiger partial charge >= 0.3 is 0 Å². The Labute approximate surface area is 91.2 Å². The molecule has 1 N–H and O–H groups in total. The van der Waals surface area contributed by atoms with E-state index in [0.717, 1.165) is 12.8 Å². The molecule has 0 aromatic heterocycles. The molecule has 1 saturated heterocycles. The third kappa shape index (κ3) is 2.79. The van der Waals surface area contributed by atoms with Gasteiger partial charge < -0.3 is 9.74 Å². The molecule has 4 heteroatoms. The first-order chi connectivity index (χ1) is 7.24. The van der Waals surface area contributed by atoms with Gasteiger partial charge in [0.25, 0.3) is 0 Å². The van der Waals surface area contributed by atoms with E-state index in [1.54, 1.807) is 13.2 Å². The van der Waals surface area contributed by atoms with Crippen molar-refractivity contribution >= 4 is 5.91 Å². The lowest BCUT2D eigenvalue weighted by Gasteiger charge is -2.15. The molecule has 1 aliphatic heterocycles. The molecule has 0 spiro atoms. The first-order valence-electron chi connectivity index (χ1n) is 5.42. The molecule has 0 saturated carbocycles. The highest BCUT2D eigenvalue weighted by Crippen LogP contribution is 2.23. The lowest BCUT2D eigenvalue weighted by Crippen LogP contribution is -2.35. The van der Waals surface area contributed by atoms with Crippen LogP contribution in [-0.2, 0) is 9.63 Å². The van der Waals surface area contributed by atoms with E-state index >= 15 is 0 Å². The van der Waals surface area contributed by atoms with E-state index < -0.39 is 0 Å². The summed E-state index contributed by atoms with van der Waals surface area (Å²) in [4.78, 5) is 18.7. The number of carbonyl (C=O) groups is 1. The highest BCUT2D eigenvalue weighted by molar-refractivity contribution is 5.82. The predicted octanol–water partition coefficient (Wildman–Crippen LogP) is 0.950. The fraction of sp³-hybridized carbons (Fsp3) is 0.727. The Hall–Kier alpha value is -0.870. The molecule has 2 unspecified atom stereocenters. The molecule has 0 aromatic carbocycles. The van der Waals surface area contributed by atoms with Gasteiger partial charge in [-0.15, -0.1) is 6.58 Å². The van der Waals surface area contributed by atoms with E-state index in [1.165, 1.54) is 0 Å². The molecule has 1 heterocycles. The van der Waals surface area contributed by atoms with E-state index in [2.05, 4.69) is 19.0 Å². The van der Waals surface area contributed by atoms with Crippen LogP contribution in [0.1, 0.15) is 19.8 Å². The lowest BCUT2D eigenvalue weighted by atomic mass is 9.98. The molecule has 0 aromatic rings. The first kappa shape index (κ1) is 12.2. The van der Waals surface area contributed by atoms with Gasteiger partial charge in [-0.25, -0.2) is 0 Å². The Kier molecular flexibility index (Phi) is 4.78. The van der Waals surface area contributed by atoms with Crippen LogP contribution < -0.4 is 5.48 Å². The topological polar surface area (TPSA) is 41.6 Å². The van der Waals surface area contributed by atoms with Crippen molar-refractivity contribution in [3.05, 3.63) is 12.7 Å². The Bertz CT molecular complexity index is 231. The van der Waals surface area contributed by atoms with Crippen LogP contribution in [0.2, 0.25) is 0 Å². The summed E-state index contributed by atoms with van der Waals surface area (Å²) in [6.45, 7) is 7.08. The van der Waals surface area contributed by atoms with Gasteiger partial charge in [0.15, 0.2) is 0 Å². The van der Waals surface area contributed by atoms with Crippen molar-refractivity contribution in [1.29, 1.82) is 0 Å². The fourth-order valence-electron chi connectivity index (χ4n) is 2.09. The van der Waals surface area contributed by atoms with Crippen LogP contribution in [0.4, 0.5) is 0 Å². The van der Waals surface area contributed by atoms with E-state index in [-0.39, 0.29) is 17.9 Å². The van der Waals surface area contributed by atoms with Crippen LogP contribution in [-0.4, -0.2) is 37.0 Å². The minimum Gasteiger partial charge on any atom is -0.337 e. The molecule has 1 aliphatic rings. The summed E-state index contributed by atoms with van der Waals surface area (Å²) in [5, 5.41) is 0. The number of hydrogen-bond donors (Lipinski definition) is 1. The van der Waals surface area contributed by atoms with Gasteiger partial charge in [-0.2, -0.15) is 5.48 Å². The first-order valence-corrected chi connectivity index (χ1v) is 5.42. The number of likely N-dealkylation sites (tertiary alicyclic amines) is 1. The third-order valence-corrected chi connectivity index (χ3v) is 2.75. The van der Waals surface area contributed by atoms with E-state index in [1.807, 2.05) is 4.90 Å². The van der Waals surface area contributed by atoms with Crippen LogP contribution in [0.15, 0.2) is 12.7 Å². The van der Waals surface area contributed by atoms with Crippen molar-refractivity contribution in [2.45, 2.75) is 25.8 Å². The van der Waals surface area contributed by atoms with Gasteiger partial charge in [-0.3, -0.25) is 4.79 Å². The summed E-state index contributed by atoms with van der Waals surface area (Å²) in [5.74, 6) is 0.265. The Morgan fingerprint density at radius 1 is 1.73 bits per heavy atom. The van der Waals surface area contributed by atoms with Crippen molar-refractivity contribution in [2.24, 2.45) is 5.92 Å². The molecule has 15 heavy (non-hydrogen) atoms. The van der Waals surface area contributed by atoms with Crippen LogP contribution in [0, 0.1) is 5.92 Å². The van der Waals surface area contributed by atoms with Crippen molar-refractivity contribution in [3.8, 4) is 0 Å². The van der Waals surface area contributed by atoms with E-state index in [4.69, 9.17) is 4.84 Å². The summed E-state index contributed by atoms with van der Waals surface area (Å²) >= 11 is 0. The maximum atomic E-state index is 12.0. The van der Waals surface area contributed by atoms with Crippen molar-refractivity contribution in [1.82, 2.24) is 10.4 Å². The van der Waals surface area contributed by atoms with Crippen molar-refractivity contribution in [3.63, 3.8) is 0 Å². The SMILES string of the molecule is C=CCN1CC(NOC)C(CCC)C1=O. The van der Waals surface area contributed by atoms with Crippen LogP contribution in [0.3, 0.4) is 0 Å². The quantitative estimate of drug-likeness (QED) is 0.526. The van der Waals surface area contributed by atoms with Gasteiger partial charge in [0.2, 0.25) is 5.91 Å². The second-order valence-corrected chi connectivity index (χ2v) is 3.86. The average Bonchev–Trinajstić information content (AvgIpc) is 2.49. The molecule has 0 aliphatic carbocycles. The molecule has 1 amide bonds. The number of hydrogen-bond acceptors (Lipinski definition) is 3. The number of amides is 1. The summed E-state index contributed by atoms with van der Waals surface area (Å²) in [7, 11) is 1.59. The number of carbonyl (C=O) groups excluding carboxylic acids is 1. The number of hydroxylamine groups is 1. The molecular formula is C11H20N2O2. The lowest BCUT2D eigenvalue weighted by molar-refractivity contribution is -0.131. The molecule has 0 bridgehead atoms. The molecular weight excluding hydrogens is 192 g/mol. The highest BCUT2D eigenvalue weighted by atomic mass is 16.6. The Morgan fingerprint density at radius 2 is 2.47 bits per heavy atom. The molecule has 1 fully saturated rings. The standard InChI is InChI=1S/C11H20N2O2/c1-4-6-9-10(12-15-3)8-13(7-5-2)11(9)14/h5,9-10,12H,2,4,6-8H2,1,3H3. The number of nitrogens with zero attached hydrogens (tertiary/aromatic N) is 1. The van der Waals surface area contributed by atoms with Crippen molar-refractivity contribution < 1.29 is 9.63 Å². The smallest absolute Gasteiger partial charge is 0.227 e. The van der Waals surface area contributed by atoms with Crippen LogP contribution in [0.5, 0.6) is 0 Å². The minimum absolute atomic E-state index is 0.0508. The summed E-state index contributed by atoms with van der Waals surface area (Å²) in [6, 6.07) is 0.113. The third-order valence-electron chi connectivity index (χ3n) is 2.75. The van der Waals surface area contributed by atoms with Gasteiger partial charge in [-0.1, -0.05) is 19.4 Å². The molecule has 4 nitrogen and oxygen atoms in total. The average molecular weight is 212 g/mol. The second kappa shape index (κ2) is 5.88. The second-order valence-electron chi connectivity index (χ2n) is 3.86. The van der Waals surface area contributed by atoms with Gasteiger partial charge in [0, 0.05) is 13.1 Å². The maximum absolute atomic E-state index is 12.0. The molecule has 0 radical (unpaired) electrons. The molecule has 2 atom stereocenters. The zero-order chi connectivity index (χ0) is 11.3. The molecule has 86 valence electrons. The van der Waals surface area contributed by atoms with E-state index in [0.29, 0.717) is 13.1 Å². The Balaban J connectivity index is 2.63. The summed E-state index contributed by atoms with van der Waals surface area (Å²) in [6.07, 6.45) is 3.68. The van der Waals surface area contributed by atoms with Crippen LogP contribution in [0.25, 0.3) is 0 Å². The normalized spacial score (nSPS) is 26.0. The van der Waals surface area contributed by atoms with Gasteiger partial charge in [0.05, 0.1) is 19.1 Å². The highest BCUT2D eigenvalue weighted by Gasteiger charge is 2.38. The monoisotopic (exact) mass is 212 g/mol. The summed E-state index contributed by atoms with van der Waals surface area (Å²) in [5.41, 5.74) is 2.90. The zero-order valence-corrected chi connectivity index (χ0v) is 9.53. The van der Waals surface area contributed by atoms with Gasteiger partial charge in [-0.05, 0) is 6.42 Å². The van der Waals surface area contributed by atoms with Gasteiger partial charge in [0.1, 0.15) is 0 Å². The largest absolute Gasteiger partial charge is 0.337 e. The van der Waals surface area contributed by atoms with Crippen LogP contribution >= 0.6 is 0 Å². The zero-order valence-electron chi connectivity index (χ0n) is 9.53. The van der Waals surface area contributed by atoms with Crippen molar-refractivity contribution in [2.75, 3.05) is 20.2 Å². The Morgan fingerprint density at radius 3 is 3.00 bits per heavy atom. The summed E-state index contributed by atoms with van der Waals surface area (Å²) < 4.78 is 0. The minimum atomic E-state index is 0.0508. The molecule has 1 rings (SSSR count). The fourth-order valence-corrected chi connectivity index (χ4v) is 2.09.